The van der Waals surface area contributed by atoms with E-state index in [0.717, 1.165) is 26.8 Å². The molecule has 0 bridgehead atoms. The molecule has 0 unspecified atom stereocenters. The number of aromatic nitrogens is 4. The molecule has 0 radical (unpaired) electrons. The number of rotatable bonds is 5. The summed E-state index contributed by atoms with van der Waals surface area (Å²) in [5.41, 5.74) is 2.82. The number of fused-ring (bicyclic) bond motifs is 1. The second-order valence-corrected chi connectivity index (χ2v) is 8.21. The average Bonchev–Trinajstić information content (AvgIpc) is 3.19. The zero-order valence-electron chi connectivity index (χ0n) is 16.5. The van der Waals surface area contributed by atoms with E-state index in [4.69, 9.17) is 0 Å². The van der Waals surface area contributed by atoms with Crippen LogP contribution in [0.25, 0.3) is 4.96 Å². The van der Waals surface area contributed by atoms with E-state index in [1.165, 1.54) is 16.8 Å². The first kappa shape index (κ1) is 19.1. The van der Waals surface area contributed by atoms with Gasteiger partial charge in [-0.3, -0.25) is 14.0 Å². The SMILES string of the molecule is Cc1cn2c(CN(C)C(=O)c3ccc(=O)n(Cc4ccccc4)n3)c(C)nc2s1. The van der Waals surface area contributed by atoms with Crippen LogP contribution in [0.3, 0.4) is 0 Å². The van der Waals surface area contributed by atoms with Crippen LogP contribution in [0.1, 0.15) is 32.3 Å². The quantitative estimate of drug-likeness (QED) is 0.510. The lowest BCUT2D eigenvalue weighted by atomic mass is 10.2. The summed E-state index contributed by atoms with van der Waals surface area (Å²) in [7, 11) is 1.73. The molecule has 0 fully saturated rings. The van der Waals surface area contributed by atoms with Gasteiger partial charge in [-0.15, -0.1) is 11.3 Å². The minimum Gasteiger partial charge on any atom is -0.334 e. The van der Waals surface area contributed by atoms with Gasteiger partial charge in [-0.05, 0) is 25.5 Å². The Morgan fingerprint density at radius 2 is 1.90 bits per heavy atom. The second-order valence-electron chi connectivity index (χ2n) is 7.00. The van der Waals surface area contributed by atoms with Gasteiger partial charge in [-0.2, -0.15) is 5.10 Å². The molecule has 0 N–H and O–H groups in total. The van der Waals surface area contributed by atoms with Crippen molar-refractivity contribution in [3.63, 3.8) is 0 Å². The van der Waals surface area contributed by atoms with Crippen LogP contribution in [-0.2, 0) is 13.1 Å². The Morgan fingerprint density at radius 1 is 1.14 bits per heavy atom. The first-order chi connectivity index (χ1) is 13.9. The number of thiazole rings is 1. The summed E-state index contributed by atoms with van der Waals surface area (Å²) < 4.78 is 3.35. The molecule has 7 nitrogen and oxygen atoms in total. The van der Waals surface area contributed by atoms with Crippen molar-refractivity contribution >= 4 is 22.2 Å². The van der Waals surface area contributed by atoms with Crippen LogP contribution in [0.5, 0.6) is 0 Å². The third-order valence-corrected chi connectivity index (χ3v) is 5.63. The molecule has 4 aromatic rings. The highest BCUT2D eigenvalue weighted by atomic mass is 32.1. The van der Waals surface area contributed by atoms with Crippen LogP contribution in [0, 0.1) is 13.8 Å². The molecule has 29 heavy (non-hydrogen) atoms. The molecule has 0 saturated heterocycles. The molecular formula is C21H21N5O2S. The average molecular weight is 407 g/mol. The lowest BCUT2D eigenvalue weighted by Crippen LogP contribution is -2.31. The number of hydrogen-bond donors (Lipinski definition) is 0. The molecule has 0 aliphatic rings. The van der Waals surface area contributed by atoms with E-state index in [0.29, 0.717) is 13.1 Å². The van der Waals surface area contributed by atoms with Crippen LogP contribution in [-0.4, -0.2) is 37.0 Å². The van der Waals surface area contributed by atoms with Crippen molar-refractivity contribution in [2.45, 2.75) is 26.9 Å². The number of hydrogen-bond acceptors (Lipinski definition) is 5. The molecule has 0 atom stereocenters. The normalized spacial score (nSPS) is 11.1. The summed E-state index contributed by atoms with van der Waals surface area (Å²) in [5, 5.41) is 4.30. The summed E-state index contributed by atoms with van der Waals surface area (Å²) in [6.45, 7) is 4.71. The standard InChI is InChI=1S/C21H21N5O2S/c1-14-11-25-18(15(2)22-21(25)29-14)13-24(3)20(28)17-9-10-19(27)26(23-17)12-16-7-5-4-6-8-16/h4-11H,12-13H2,1-3H3. The summed E-state index contributed by atoms with van der Waals surface area (Å²) in [4.78, 5) is 33.4. The van der Waals surface area contributed by atoms with Crippen LogP contribution < -0.4 is 5.56 Å². The third-order valence-electron chi connectivity index (χ3n) is 4.74. The first-order valence-corrected chi connectivity index (χ1v) is 10.1. The van der Waals surface area contributed by atoms with E-state index >= 15 is 0 Å². The van der Waals surface area contributed by atoms with Crippen LogP contribution >= 0.6 is 11.3 Å². The lowest BCUT2D eigenvalue weighted by Gasteiger charge is -2.17. The zero-order valence-corrected chi connectivity index (χ0v) is 17.3. The van der Waals surface area contributed by atoms with Crippen molar-refractivity contribution in [1.82, 2.24) is 24.1 Å². The predicted molar refractivity (Wildman–Crippen MR) is 112 cm³/mol. The first-order valence-electron chi connectivity index (χ1n) is 9.24. The molecule has 4 rings (SSSR count). The number of amides is 1. The maximum Gasteiger partial charge on any atom is 0.274 e. The van der Waals surface area contributed by atoms with Gasteiger partial charge in [0.15, 0.2) is 4.96 Å². The van der Waals surface area contributed by atoms with Crippen LogP contribution in [0.2, 0.25) is 0 Å². The van der Waals surface area contributed by atoms with E-state index in [1.54, 1.807) is 23.3 Å². The van der Waals surface area contributed by atoms with Crippen LogP contribution in [0.4, 0.5) is 0 Å². The minimum atomic E-state index is -0.242. The fourth-order valence-electron chi connectivity index (χ4n) is 3.22. The minimum absolute atomic E-state index is 0.239. The Bertz CT molecular complexity index is 1240. The highest BCUT2D eigenvalue weighted by Crippen LogP contribution is 2.21. The molecule has 1 amide bonds. The lowest BCUT2D eigenvalue weighted by molar-refractivity contribution is 0.0774. The Hall–Kier alpha value is -3.26. The number of carbonyl (C=O) groups is 1. The van der Waals surface area contributed by atoms with Gasteiger partial charge in [0.1, 0.15) is 5.69 Å². The molecular weight excluding hydrogens is 386 g/mol. The summed E-state index contributed by atoms with van der Waals surface area (Å²) >= 11 is 1.62. The van der Waals surface area contributed by atoms with E-state index in [9.17, 15) is 9.59 Å². The maximum absolute atomic E-state index is 13.0. The fourth-order valence-corrected chi connectivity index (χ4v) is 4.11. The second kappa shape index (κ2) is 7.63. The number of carbonyl (C=O) groups excluding carboxylic acids is 1. The number of imidazole rings is 1. The molecule has 8 heteroatoms. The molecule has 0 aliphatic heterocycles. The Balaban J connectivity index is 1.58. The molecule has 148 valence electrons. The van der Waals surface area contributed by atoms with Gasteiger partial charge in [0, 0.05) is 24.2 Å². The van der Waals surface area contributed by atoms with Gasteiger partial charge in [0.25, 0.3) is 11.5 Å². The fraction of sp³-hybridized carbons (Fsp3) is 0.238. The smallest absolute Gasteiger partial charge is 0.274 e. The monoisotopic (exact) mass is 407 g/mol. The van der Waals surface area contributed by atoms with Crippen LogP contribution in [0.15, 0.2) is 53.5 Å². The van der Waals surface area contributed by atoms with E-state index < -0.39 is 0 Å². The van der Waals surface area contributed by atoms with Gasteiger partial charge < -0.3 is 4.90 Å². The largest absolute Gasteiger partial charge is 0.334 e. The molecule has 0 spiro atoms. The Kier molecular flexibility index (Phi) is 5.02. The van der Waals surface area contributed by atoms with E-state index in [1.807, 2.05) is 54.8 Å². The van der Waals surface area contributed by atoms with Crippen molar-refractivity contribution in [2.75, 3.05) is 7.05 Å². The van der Waals surface area contributed by atoms with Crippen molar-refractivity contribution in [3.05, 3.63) is 86.5 Å². The van der Waals surface area contributed by atoms with Gasteiger partial charge in [0.05, 0.1) is 24.5 Å². The maximum atomic E-state index is 13.0. The summed E-state index contributed by atoms with van der Waals surface area (Å²) in [6, 6.07) is 12.4. The molecule has 1 aromatic carbocycles. The van der Waals surface area contributed by atoms with Gasteiger partial charge in [-0.1, -0.05) is 30.3 Å². The topological polar surface area (TPSA) is 72.5 Å². The van der Waals surface area contributed by atoms with Crippen molar-refractivity contribution in [2.24, 2.45) is 0 Å². The summed E-state index contributed by atoms with van der Waals surface area (Å²) in [5.74, 6) is -0.242. The van der Waals surface area contributed by atoms with Crippen molar-refractivity contribution < 1.29 is 4.79 Å². The Labute approximate surface area is 171 Å². The third kappa shape index (κ3) is 3.84. The van der Waals surface area contributed by atoms with Crippen molar-refractivity contribution in [3.8, 4) is 0 Å². The molecule has 0 aliphatic carbocycles. The number of aryl methyl sites for hydroxylation is 2. The zero-order chi connectivity index (χ0) is 20.5. The highest BCUT2D eigenvalue weighted by molar-refractivity contribution is 7.17. The predicted octanol–water partition coefficient (Wildman–Crippen LogP) is 2.89. The number of nitrogens with zero attached hydrogens (tertiary/aromatic N) is 5. The van der Waals surface area contributed by atoms with E-state index in [2.05, 4.69) is 10.1 Å². The van der Waals surface area contributed by atoms with Gasteiger partial charge in [-0.25, -0.2) is 9.67 Å². The molecule has 3 aromatic heterocycles. The number of benzene rings is 1. The highest BCUT2D eigenvalue weighted by Gasteiger charge is 2.19. The summed E-state index contributed by atoms with van der Waals surface area (Å²) in [6.07, 6.45) is 2.03. The molecule has 3 heterocycles. The van der Waals surface area contributed by atoms with E-state index in [-0.39, 0.29) is 17.2 Å². The Morgan fingerprint density at radius 3 is 2.66 bits per heavy atom. The van der Waals surface area contributed by atoms with Gasteiger partial charge in [0.2, 0.25) is 0 Å². The van der Waals surface area contributed by atoms with Gasteiger partial charge >= 0.3 is 0 Å². The molecule has 0 saturated carbocycles. The van der Waals surface area contributed by atoms with Crippen molar-refractivity contribution in [1.29, 1.82) is 0 Å².